The van der Waals surface area contributed by atoms with Crippen LogP contribution in [-0.4, -0.2) is 44.9 Å². The minimum atomic E-state index is -3.75. The van der Waals surface area contributed by atoms with Crippen LogP contribution in [0, 0.1) is 0 Å². The fraction of sp³-hybridized carbons (Fsp3) is 0.550. The Morgan fingerprint density at radius 3 is 2.64 bits per heavy atom. The number of benzene rings is 1. The summed E-state index contributed by atoms with van der Waals surface area (Å²) in [6.07, 6.45) is 7.77. The van der Waals surface area contributed by atoms with Crippen LogP contribution in [0.2, 0.25) is 5.02 Å². The van der Waals surface area contributed by atoms with Gasteiger partial charge in [0.1, 0.15) is 10.6 Å². The number of hydrogen-bond acceptors (Lipinski definition) is 4. The van der Waals surface area contributed by atoms with Crippen LogP contribution in [0.5, 0.6) is 5.75 Å². The van der Waals surface area contributed by atoms with Crippen molar-refractivity contribution in [2.24, 2.45) is 0 Å². The lowest BCUT2D eigenvalue weighted by Gasteiger charge is -2.20. The molecule has 1 aliphatic rings. The molecule has 0 saturated carbocycles. The molecule has 0 radical (unpaired) electrons. The Hall–Kier alpha value is -1.57. The van der Waals surface area contributed by atoms with Gasteiger partial charge in [0.25, 0.3) is 5.91 Å². The van der Waals surface area contributed by atoms with Crippen LogP contribution in [0.15, 0.2) is 34.7 Å². The lowest BCUT2D eigenvalue weighted by Crippen LogP contribution is -2.32. The Labute approximate surface area is 172 Å². The van der Waals surface area contributed by atoms with Gasteiger partial charge in [0, 0.05) is 24.7 Å². The fourth-order valence-corrected chi connectivity index (χ4v) is 5.05. The molecule has 0 saturated heterocycles. The monoisotopic (exact) mass is 428 g/mol. The number of carbonyl (C=O) groups is 1. The van der Waals surface area contributed by atoms with E-state index in [0.29, 0.717) is 24.7 Å². The second kappa shape index (κ2) is 10.8. The maximum absolute atomic E-state index is 12.8. The maximum Gasteiger partial charge on any atom is 0.257 e. The molecule has 1 aliphatic carbocycles. The first kappa shape index (κ1) is 22.7. The van der Waals surface area contributed by atoms with Crippen LogP contribution in [-0.2, 0) is 14.8 Å². The van der Waals surface area contributed by atoms with Crippen molar-refractivity contribution in [3.63, 3.8) is 0 Å². The third kappa shape index (κ3) is 6.22. The number of carbonyl (C=O) groups excluding carboxylic acids is 1. The van der Waals surface area contributed by atoms with Crippen molar-refractivity contribution in [2.75, 3.05) is 26.2 Å². The van der Waals surface area contributed by atoms with Gasteiger partial charge < -0.3 is 10.1 Å². The highest BCUT2D eigenvalue weighted by atomic mass is 35.5. The van der Waals surface area contributed by atoms with Gasteiger partial charge in [-0.3, -0.25) is 4.79 Å². The van der Waals surface area contributed by atoms with Gasteiger partial charge in [-0.1, -0.05) is 37.1 Å². The second-order valence-electron chi connectivity index (χ2n) is 6.68. The van der Waals surface area contributed by atoms with Crippen molar-refractivity contribution in [3.8, 4) is 5.75 Å². The molecule has 0 atom stereocenters. The zero-order valence-electron chi connectivity index (χ0n) is 16.5. The Balaban J connectivity index is 1.98. The van der Waals surface area contributed by atoms with Crippen molar-refractivity contribution in [3.05, 3.63) is 34.9 Å². The molecule has 156 valence electrons. The highest BCUT2D eigenvalue weighted by Gasteiger charge is 2.26. The lowest BCUT2D eigenvalue weighted by molar-refractivity contribution is -0.123. The molecule has 28 heavy (non-hydrogen) atoms. The average Bonchev–Trinajstić information content (AvgIpc) is 2.68. The number of ether oxygens (including phenoxy) is 1. The van der Waals surface area contributed by atoms with E-state index in [1.165, 1.54) is 34.9 Å². The summed E-state index contributed by atoms with van der Waals surface area (Å²) < 4.78 is 32.5. The summed E-state index contributed by atoms with van der Waals surface area (Å²) in [7, 11) is -3.75. The van der Waals surface area contributed by atoms with E-state index in [1.54, 1.807) is 19.9 Å². The highest BCUT2D eigenvalue weighted by molar-refractivity contribution is 7.89. The summed E-state index contributed by atoms with van der Waals surface area (Å²) in [5, 5.41) is 3.12. The van der Waals surface area contributed by atoms with Crippen LogP contribution >= 0.6 is 11.6 Å². The predicted octanol–water partition coefficient (Wildman–Crippen LogP) is 3.76. The van der Waals surface area contributed by atoms with Gasteiger partial charge in [-0.25, -0.2) is 8.42 Å². The molecule has 1 N–H and O–H groups in total. The van der Waals surface area contributed by atoms with E-state index >= 15 is 0 Å². The molecule has 0 aliphatic heterocycles. The van der Waals surface area contributed by atoms with E-state index in [1.807, 2.05) is 0 Å². The van der Waals surface area contributed by atoms with E-state index in [-0.39, 0.29) is 23.2 Å². The second-order valence-corrected chi connectivity index (χ2v) is 9.02. The third-order valence-corrected chi connectivity index (χ3v) is 7.05. The standard InChI is InChI=1S/C20H29ClN2O4S/c1-3-23(4-2)28(25,26)19-14-17(21)10-11-18(19)27-15-20(24)22-13-12-16-8-6-5-7-9-16/h8,10-11,14H,3-7,9,12-13,15H2,1-2H3,(H,22,24). The quantitative estimate of drug-likeness (QED) is 0.576. The van der Waals surface area contributed by atoms with Crippen LogP contribution in [0.3, 0.4) is 0 Å². The number of amides is 1. The van der Waals surface area contributed by atoms with Gasteiger partial charge in [0.15, 0.2) is 6.61 Å². The zero-order chi connectivity index (χ0) is 20.6. The third-order valence-electron chi connectivity index (χ3n) is 4.74. The molecular weight excluding hydrogens is 400 g/mol. The van der Waals surface area contributed by atoms with Gasteiger partial charge in [-0.2, -0.15) is 4.31 Å². The first-order chi connectivity index (χ1) is 13.4. The molecule has 8 heteroatoms. The van der Waals surface area contributed by atoms with E-state index in [2.05, 4.69) is 11.4 Å². The highest BCUT2D eigenvalue weighted by Crippen LogP contribution is 2.29. The fourth-order valence-electron chi connectivity index (χ4n) is 3.19. The first-order valence-electron chi connectivity index (χ1n) is 9.75. The Morgan fingerprint density at radius 1 is 1.25 bits per heavy atom. The number of halogens is 1. The largest absolute Gasteiger partial charge is 0.482 e. The van der Waals surface area contributed by atoms with Gasteiger partial charge in [0.05, 0.1) is 0 Å². The van der Waals surface area contributed by atoms with Crippen LogP contribution in [0.4, 0.5) is 0 Å². The van der Waals surface area contributed by atoms with E-state index in [9.17, 15) is 13.2 Å². The summed E-state index contributed by atoms with van der Waals surface area (Å²) in [6.45, 7) is 4.51. The number of nitrogens with zero attached hydrogens (tertiary/aromatic N) is 1. The van der Waals surface area contributed by atoms with Gasteiger partial charge >= 0.3 is 0 Å². The lowest BCUT2D eigenvalue weighted by atomic mass is 9.97. The predicted molar refractivity (Wildman–Crippen MR) is 111 cm³/mol. The zero-order valence-corrected chi connectivity index (χ0v) is 18.1. The van der Waals surface area contributed by atoms with E-state index < -0.39 is 10.0 Å². The van der Waals surface area contributed by atoms with Crippen molar-refractivity contribution in [1.29, 1.82) is 0 Å². The summed E-state index contributed by atoms with van der Waals surface area (Å²) >= 11 is 6.00. The van der Waals surface area contributed by atoms with Crippen molar-refractivity contribution >= 4 is 27.5 Å². The molecule has 0 spiro atoms. The van der Waals surface area contributed by atoms with Crippen LogP contribution in [0.1, 0.15) is 46.0 Å². The maximum atomic E-state index is 12.8. The smallest absolute Gasteiger partial charge is 0.257 e. The number of nitrogens with one attached hydrogen (secondary N) is 1. The Kier molecular flexibility index (Phi) is 8.79. The molecule has 1 aromatic carbocycles. The molecule has 1 aromatic rings. The minimum Gasteiger partial charge on any atom is -0.482 e. The number of sulfonamides is 1. The van der Waals surface area contributed by atoms with E-state index in [0.717, 1.165) is 19.3 Å². The normalized spacial score (nSPS) is 14.6. The summed E-state index contributed by atoms with van der Waals surface area (Å²) in [6, 6.07) is 4.39. The molecule has 0 aromatic heterocycles. The van der Waals surface area contributed by atoms with Crippen molar-refractivity contribution < 1.29 is 17.9 Å². The molecule has 0 unspecified atom stereocenters. The summed E-state index contributed by atoms with van der Waals surface area (Å²) in [5.41, 5.74) is 1.39. The molecule has 1 amide bonds. The Morgan fingerprint density at radius 2 is 2.00 bits per heavy atom. The SMILES string of the molecule is CCN(CC)S(=O)(=O)c1cc(Cl)ccc1OCC(=O)NCCC1=CCCCC1. The van der Waals surface area contributed by atoms with Crippen LogP contribution < -0.4 is 10.1 Å². The van der Waals surface area contributed by atoms with Crippen molar-refractivity contribution in [1.82, 2.24) is 9.62 Å². The molecule has 0 fully saturated rings. The number of allylic oxidation sites excluding steroid dienone is 1. The summed E-state index contributed by atoms with van der Waals surface area (Å²) in [5.74, 6) is -0.154. The van der Waals surface area contributed by atoms with Gasteiger partial charge in [-0.05, 0) is 50.3 Å². The molecule has 0 bridgehead atoms. The Bertz CT molecular complexity index is 804. The molecular formula is C20H29ClN2O4S. The molecule has 2 rings (SSSR count). The minimum absolute atomic E-state index is 0.0242. The average molecular weight is 429 g/mol. The summed E-state index contributed by atoms with van der Waals surface area (Å²) in [4.78, 5) is 12.1. The van der Waals surface area contributed by atoms with Gasteiger partial charge in [-0.15, -0.1) is 0 Å². The topological polar surface area (TPSA) is 75.7 Å². The van der Waals surface area contributed by atoms with Crippen molar-refractivity contribution in [2.45, 2.75) is 50.8 Å². The van der Waals surface area contributed by atoms with E-state index in [4.69, 9.17) is 16.3 Å². The first-order valence-corrected chi connectivity index (χ1v) is 11.6. The van der Waals surface area contributed by atoms with Gasteiger partial charge in [0.2, 0.25) is 10.0 Å². The molecule has 6 nitrogen and oxygen atoms in total. The van der Waals surface area contributed by atoms with Crippen LogP contribution in [0.25, 0.3) is 0 Å². The molecule has 0 heterocycles. The number of rotatable bonds is 10. The number of hydrogen-bond donors (Lipinski definition) is 1.